The van der Waals surface area contributed by atoms with Crippen LogP contribution in [-0.4, -0.2) is 77.0 Å². The van der Waals surface area contributed by atoms with Gasteiger partial charge in [-0.15, -0.1) is 5.01 Å². The van der Waals surface area contributed by atoms with Gasteiger partial charge in [-0.05, 0) is 12.2 Å². The first-order valence-corrected chi connectivity index (χ1v) is 9.23. The summed E-state index contributed by atoms with van der Waals surface area (Å²) < 4.78 is -0.869. The van der Waals surface area contributed by atoms with Gasteiger partial charge in [-0.25, -0.2) is 4.79 Å². The molecule has 1 saturated heterocycles. The van der Waals surface area contributed by atoms with Crippen LogP contribution in [0.15, 0.2) is 36.4 Å². The zero-order valence-corrected chi connectivity index (χ0v) is 17.2. The maximum absolute atomic E-state index is 13.2. The van der Waals surface area contributed by atoms with Gasteiger partial charge in [0.2, 0.25) is 17.6 Å². The number of Topliss-reactive ketones (excluding diaryl/α,β-unsaturated/α-hetero) is 1. The first-order valence-electron chi connectivity index (χ1n) is 9.23. The Morgan fingerprint density at radius 1 is 1.13 bits per heavy atom. The summed E-state index contributed by atoms with van der Waals surface area (Å²) in [4.78, 5) is 51.0. The van der Waals surface area contributed by atoms with E-state index < -0.39 is 34.6 Å². The Morgan fingerprint density at radius 3 is 2.30 bits per heavy atom. The highest BCUT2D eigenvalue weighted by Crippen LogP contribution is 2.53. The van der Waals surface area contributed by atoms with E-state index in [1.165, 1.54) is 28.4 Å². The van der Waals surface area contributed by atoms with Crippen molar-refractivity contribution in [2.75, 3.05) is 6.54 Å². The zero-order chi connectivity index (χ0) is 21.6. The Labute approximate surface area is 178 Å². The molecule has 0 aromatic heterocycles. The largest absolute Gasteiger partial charge is 1.00 e. The molecule has 0 aromatic rings. The van der Waals surface area contributed by atoms with Crippen molar-refractivity contribution in [1.29, 1.82) is 0 Å². The summed E-state index contributed by atoms with van der Waals surface area (Å²) in [5, 5.41) is 30.2. The highest BCUT2D eigenvalue weighted by molar-refractivity contribution is 5.91. The highest BCUT2D eigenvalue weighted by Gasteiger charge is 2.76. The molecule has 3 unspecified atom stereocenters. The van der Waals surface area contributed by atoms with Gasteiger partial charge in [0.25, 0.3) is 0 Å². The Kier molecular flexibility index (Phi) is 6.19. The molecule has 4 aliphatic rings. The Balaban J connectivity index is 0.00000320. The Bertz CT molecular complexity index is 873. The molecule has 30 heavy (non-hydrogen) atoms. The van der Waals surface area contributed by atoms with E-state index in [1.807, 2.05) is 0 Å². The number of carbonyl (C=O) groups excluding carboxylic acids is 1. The van der Waals surface area contributed by atoms with E-state index in [-0.39, 0.29) is 49.8 Å². The normalized spacial score (nSPS) is 28.5. The van der Waals surface area contributed by atoms with Crippen LogP contribution in [0.1, 0.15) is 33.1 Å². The fourth-order valence-electron chi connectivity index (χ4n) is 4.33. The molecule has 4 heterocycles. The van der Waals surface area contributed by atoms with Crippen molar-refractivity contribution >= 4 is 23.9 Å². The molecule has 0 saturated carbocycles. The number of amides is 2. The maximum atomic E-state index is 13.2. The quantitative estimate of drug-likeness (QED) is 0.414. The molecule has 0 spiro atoms. The second-order valence-electron chi connectivity index (χ2n) is 6.90. The lowest BCUT2D eigenvalue weighted by atomic mass is 9.95. The number of halogens is 1. The van der Waals surface area contributed by atoms with Gasteiger partial charge in [0.05, 0.1) is 6.42 Å². The summed E-state index contributed by atoms with van der Waals surface area (Å²) in [6.07, 6.45) is 3.86. The van der Waals surface area contributed by atoms with Crippen molar-refractivity contribution in [2.45, 2.75) is 44.9 Å². The van der Waals surface area contributed by atoms with Crippen LogP contribution in [0.2, 0.25) is 0 Å². The summed E-state index contributed by atoms with van der Waals surface area (Å²) >= 11 is 0. The molecule has 0 aliphatic carbocycles. The van der Waals surface area contributed by atoms with E-state index in [2.05, 4.69) is 0 Å². The number of carbonyl (C=O) groups is 4. The minimum absolute atomic E-state index is 0. The molecular formula is C18H23ClN4O7. The van der Waals surface area contributed by atoms with Crippen LogP contribution in [0.3, 0.4) is 0 Å². The molecule has 3 atom stereocenters. The summed E-state index contributed by atoms with van der Waals surface area (Å²) in [5.41, 5.74) is -1.65. The summed E-state index contributed by atoms with van der Waals surface area (Å²) in [7, 11) is 0. The topological polar surface area (TPSA) is 139 Å². The minimum atomic E-state index is -1.65. The van der Waals surface area contributed by atoms with Gasteiger partial charge in [0.1, 0.15) is 0 Å². The average molecular weight is 443 g/mol. The monoisotopic (exact) mass is 442 g/mol. The summed E-state index contributed by atoms with van der Waals surface area (Å²) in [6.45, 7) is 3.23. The van der Waals surface area contributed by atoms with E-state index in [9.17, 15) is 29.4 Å². The van der Waals surface area contributed by atoms with Crippen LogP contribution < -0.4 is 12.4 Å². The summed E-state index contributed by atoms with van der Waals surface area (Å²) in [5.74, 6) is -1.36. The molecule has 0 radical (unpaired) electrons. The molecular weight excluding hydrogens is 420 g/mol. The van der Waals surface area contributed by atoms with Crippen LogP contribution in [-0.2, 0) is 9.59 Å². The van der Waals surface area contributed by atoms with Gasteiger partial charge in [0, 0.05) is 25.6 Å². The smallest absolute Gasteiger partial charge is 0.546 e. The van der Waals surface area contributed by atoms with Gasteiger partial charge in [0.15, 0.2) is 12.0 Å². The van der Waals surface area contributed by atoms with E-state index in [0.29, 0.717) is 0 Å². The molecule has 164 valence electrons. The molecule has 2 bridgehead atoms. The van der Waals surface area contributed by atoms with E-state index in [1.54, 1.807) is 26.0 Å². The van der Waals surface area contributed by atoms with Gasteiger partial charge in [-0.2, -0.15) is 9.69 Å². The molecule has 4 rings (SSSR count). The van der Waals surface area contributed by atoms with Crippen molar-refractivity contribution in [2.24, 2.45) is 0 Å². The van der Waals surface area contributed by atoms with Crippen LogP contribution in [0.5, 0.6) is 0 Å². The lowest BCUT2D eigenvalue weighted by molar-refractivity contribution is -0.959. The molecule has 2 amide bonds. The van der Waals surface area contributed by atoms with E-state index in [4.69, 9.17) is 5.11 Å². The number of nitrogens with zero attached hydrogens (tertiary/aromatic N) is 4. The van der Waals surface area contributed by atoms with Crippen molar-refractivity contribution < 1.29 is 51.5 Å². The third-order valence-electron chi connectivity index (χ3n) is 5.50. The third kappa shape index (κ3) is 2.84. The lowest BCUT2D eigenvalue weighted by Crippen LogP contribution is -3.00. The molecule has 12 heteroatoms. The van der Waals surface area contributed by atoms with E-state index in [0.717, 1.165) is 4.90 Å². The van der Waals surface area contributed by atoms with Gasteiger partial charge >= 0.3 is 18.2 Å². The zero-order valence-electron chi connectivity index (χ0n) is 16.4. The third-order valence-corrected chi connectivity index (χ3v) is 5.50. The fraction of sp³-hybridized carbons (Fsp3) is 0.444. The van der Waals surface area contributed by atoms with Gasteiger partial charge < -0.3 is 32.6 Å². The van der Waals surface area contributed by atoms with Crippen LogP contribution in [0.25, 0.3) is 0 Å². The number of quaternary nitrogens is 1. The molecule has 1 fully saturated rings. The predicted molar refractivity (Wildman–Crippen MR) is 97.4 cm³/mol. The fourth-order valence-corrected chi connectivity index (χ4v) is 4.33. The molecule has 3 N–H and O–H groups in total. The predicted octanol–water partition coefficient (Wildman–Crippen LogP) is -1.22. The first kappa shape index (κ1) is 23.2. The number of hydrogen-bond acceptors (Lipinski definition) is 6. The second-order valence-corrected chi connectivity index (χ2v) is 6.90. The van der Waals surface area contributed by atoms with Crippen LogP contribution in [0.4, 0.5) is 9.59 Å². The van der Waals surface area contributed by atoms with Crippen LogP contribution in [0, 0.1) is 0 Å². The number of aliphatic carboxylic acids is 1. The lowest BCUT2D eigenvalue weighted by Gasteiger charge is -2.53. The standard InChI is InChI=1S/C18H22N4O7.ClH/c1-3-12(23)18(8-5-6-9-19(18)10-7-15(24)25)21-13-11-22(21,17(28)29)14(4-2)20(13)16(26)27;/h5-6,8-9,11,14H,3-4,7,10H2,1-2H3,(H2-,24,25,26,27,28,29);1H. The SMILES string of the molecule is CCC(=O)C1(N2C3=C[N+]2(C(=O)O)C(CC)N3C(=O)O)C=CC=CN1CCC(=O)O.[Cl-]. The maximum Gasteiger partial charge on any atom is 0.546 e. The van der Waals surface area contributed by atoms with Crippen molar-refractivity contribution in [3.63, 3.8) is 0 Å². The summed E-state index contributed by atoms with van der Waals surface area (Å²) in [6, 6.07) is 0. The number of rotatable bonds is 7. The number of allylic oxidation sites excluding steroid dienone is 2. The number of carboxylic acid groups (broad SMARTS) is 3. The van der Waals surface area contributed by atoms with Crippen molar-refractivity contribution in [1.82, 2.24) is 14.8 Å². The minimum Gasteiger partial charge on any atom is -1.00 e. The van der Waals surface area contributed by atoms with Gasteiger partial charge in [-0.1, -0.05) is 24.5 Å². The number of carboxylic acids is 1. The molecule has 4 aliphatic heterocycles. The van der Waals surface area contributed by atoms with Gasteiger partial charge in [-0.3, -0.25) is 9.59 Å². The number of fused-ring (bicyclic) bond motifs is 1. The Morgan fingerprint density at radius 2 is 1.80 bits per heavy atom. The van der Waals surface area contributed by atoms with Crippen LogP contribution >= 0.6 is 0 Å². The van der Waals surface area contributed by atoms with E-state index >= 15 is 0 Å². The Hall–Kier alpha value is -3.05. The average Bonchev–Trinajstić information content (AvgIpc) is 3.16. The first-order chi connectivity index (χ1) is 13.7. The van der Waals surface area contributed by atoms with Crippen molar-refractivity contribution in [3.8, 4) is 0 Å². The number of hydrogen-bond donors (Lipinski definition) is 3. The van der Waals surface area contributed by atoms with Crippen molar-refractivity contribution in [3.05, 3.63) is 36.4 Å². The highest BCUT2D eigenvalue weighted by atomic mass is 35.5. The molecule has 0 aromatic carbocycles. The second kappa shape index (κ2) is 8.00. The number of ketones is 1. The molecule has 11 nitrogen and oxygen atoms in total.